The van der Waals surface area contributed by atoms with Crippen molar-refractivity contribution in [2.24, 2.45) is 0 Å². The van der Waals surface area contributed by atoms with Gasteiger partial charge >= 0.3 is 0 Å². The molecule has 1 atom stereocenters. The number of hydrogen-bond donors (Lipinski definition) is 1. The second-order valence-electron chi connectivity index (χ2n) is 7.59. The molecule has 0 aliphatic carbocycles. The van der Waals surface area contributed by atoms with Crippen molar-refractivity contribution in [1.82, 2.24) is 5.32 Å². The zero-order valence-electron chi connectivity index (χ0n) is 14.9. The molecule has 1 aliphatic rings. The third-order valence-corrected chi connectivity index (χ3v) is 5.18. The Balaban J connectivity index is 1.67. The van der Waals surface area contributed by atoms with Crippen molar-refractivity contribution in [3.05, 3.63) is 71.8 Å². The molecule has 1 fully saturated rings. The highest BCUT2D eigenvalue weighted by molar-refractivity contribution is 5.27. The molecule has 24 heavy (non-hydrogen) atoms. The van der Waals surface area contributed by atoms with Crippen LogP contribution in [0.25, 0.3) is 0 Å². The van der Waals surface area contributed by atoms with Gasteiger partial charge in [0.2, 0.25) is 0 Å². The van der Waals surface area contributed by atoms with Crippen molar-refractivity contribution in [3.63, 3.8) is 0 Å². The Morgan fingerprint density at radius 3 is 2.29 bits per heavy atom. The first kappa shape index (κ1) is 17.2. The Morgan fingerprint density at radius 2 is 1.62 bits per heavy atom. The standard InChI is InChI=1S/C22H29NO/c1-21(2)18-22(14-16-24-21,20-11-7-4-8-12-20)13-15-23-17-19-9-5-3-6-10-19/h3-12,23H,13-18H2,1-2H3. The normalized spacial score (nSPS) is 23.1. The highest BCUT2D eigenvalue weighted by Gasteiger charge is 2.41. The predicted octanol–water partition coefficient (Wildman–Crippen LogP) is 4.69. The Hall–Kier alpha value is -1.64. The van der Waals surface area contributed by atoms with Gasteiger partial charge in [0, 0.05) is 18.6 Å². The number of benzene rings is 2. The molecule has 2 heteroatoms. The molecule has 3 rings (SSSR count). The summed E-state index contributed by atoms with van der Waals surface area (Å²) in [6, 6.07) is 21.6. The summed E-state index contributed by atoms with van der Waals surface area (Å²) < 4.78 is 6.00. The molecule has 0 spiro atoms. The van der Waals surface area contributed by atoms with Gasteiger partial charge in [-0.1, -0.05) is 60.7 Å². The maximum Gasteiger partial charge on any atom is 0.0635 e. The topological polar surface area (TPSA) is 21.3 Å². The number of nitrogens with one attached hydrogen (secondary N) is 1. The van der Waals surface area contributed by atoms with Crippen molar-refractivity contribution >= 4 is 0 Å². The van der Waals surface area contributed by atoms with Crippen LogP contribution in [-0.4, -0.2) is 18.8 Å². The maximum absolute atomic E-state index is 6.00. The van der Waals surface area contributed by atoms with Crippen LogP contribution in [0, 0.1) is 0 Å². The minimum absolute atomic E-state index is 0.0481. The summed E-state index contributed by atoms with van der Waals surface area (Å²) in [6.07, 6.45) is 3.33. The zero-order chi connectivity index (χ0) is 16.9. The van der Waals surface area contributed by atoms with Gasteiger partial charge in [0.1, 0.15) is 0 Å². The number of ether oxygens (including phenoxy) is 1. The Morgan fingerprint density at radius 1 is 0.958 bits per heavy atom. The van der Waals surface area contributed by atoms with Crippen molar-refractivity contribution in [3.8, 4) is 0 Å². The van der Waals surface area contributed by atoms with Crippen LogP contribution < -0.4 is 5.32 Å². The molecule has 128 valence electrons. The molecule has 0 amide bonds. The summed E-state index contributed by atoms with van der Waals surface area (Å²) >= 11 is 0. The van der Waals surface area contributed by atoms with E-state index in [1.54, 1.807) is 0 Å². The van der Waals surface area contributed by atoms with E-state index in [1.807, 2.05) is 0 Å². The van der Waals surface area contributed by atoms with Gasteiger partial charge in [-0.05, 0) is 50.8 Å². The lowest BCUT2D eigenvalue weighted by molar-refractivity contribution is -0.0840. The maximum atomic E-state index is 6.00. The third kappa shape index (κ3) is 4.25. The molecular formula is C22H29NO. The fraction of sp³-hybridized carbons (Fsp3) is 0.455. The van der Waals surface area contributed by atoms with Crippen LogP contribution in [0.1, 0.15) is 44.2 Å². The van der Waals surface area contributed by atoms with E-state index in [-0.39, 0.29) is 11.0 Å². The largest absolute Gasteiger partial charge is 0.376 e. The van der Waals surface area contributed by atoms with Gasteiger partial charge in [0.05, 0.1) is 5.60 Å². The lowest BCUT2D eigenvalue weighted by atomic mass is 9.67. The van der Waals surface area contributed by atoms with Crippen LogP contribution in [0.15, 0.2) is 60.7 Å². The van der Waals surface area contributed by atoms with Crippen LogP contribution in [-0.2, 0) is 16.7 Å². The van der Waals surface area contributed by atoms with Crippen LogP contribution in [0.4, 0.5) is 0 Å². The minimum atomic E-state index is -0.0481. The van der Waals surface area contributed by atoms with Gasteiger partial charge in [0.15, 0.2) is 0 Å². The second kappa shape index (κ2) is 7.50. The van der Waals surface area contributed by atoms with E-state index in [2.05, 4.69) is 79.8 Å². The van der Waals surface area contributed by atoms with E-state index in [0.717, 1.165) is 39.0 Å². The number of hydrogen-bond acceptors (Lipinski definition) is 2. The Kier molecular flexibility index (Phi) is 5.37. The average Bonchev–Trinajstić information content (AvgIpc) is 2.60. The Bertz CT molecular complexity index is 623. The van der Waals surface area contributed by atoms with Crippen molar-refractivity contribution in [1.29, 1.82) is 0 Å². The SMILES string of the molecule is CC1(C)CC(CCNCc2ccccc2)(c2ccccc2)CCO1. The van der Waals surface area contributed by atoms with Crippen LogP contribution in [0.2, 0.25) is 0 Å². The second-order valence-corrected chi connectivity index (χ2v) is 7.59. The average molecular weight is 323 g/mol. The summed E-state index contributed by atoms with van der Waals surface area (Å²) in [5.41, 5.74) is 2.97. The zero-order valence-corrected chi connectivity index (χ0v) is 14.9. The molecular weight excluding hydrogens is 294 g/mol. The van der Waals surface area contributed by atoms with Crippen molar-refractivity contribution < 1.29 is 4.74 Å². The highest BCUT2D eigenvalue weighted by Crippen LogP contribution is 2.43. The summed E-state index contributed by atoms with van der Waals surface area (Å²) in [5.74, 6) is 0. The molecule has 0 radical (unpaired) electrons. The van der Waals surface area contributed by atoms with Crippen LogP contribution in [0.3, 0.4) is 0 Å². The molecule has 1 saturated heterocycles. The van der Waals surface area contributed by atoms with Gasteiger partial charge in [-0.15, -0.1) is 0 Å². The molecule has 1 aliphatic heterocycles. The van der Waals surface area contributed by atoms with Crippen molar-refractivity contribution in [2.75, 3.05) is 13.2 Å². The van der Waals surface area contributed by atoms with Gasteiger partial charge in [-0.2, -0.15) is 0 Å². The van der Waals surface area contributed by atoms with Gasteiger partial charge in [0.25, 0.3) is 0 Å². The van der Waals surface area contributed by atoms with Crippen molar-refractivity contribution in [2.45, 2.75) is 50.7 Å². The molecule has 2 aromatic carbocycles. The molecule has 2 nitrogen and oxygen atoms in total. The highest BCUT2D eigenvalue weighted by atomic mass is 16.5. The molecule has 1 N–H and O–H groups in total. The summed E-state index contributed by atoms with van der Waals surface area (Å²) in [7, 11) is 0. The quantitative estimate of drug-likeness (QED) is 0.779. The first-order valence-corrected chi connectivity index (χ1v) is 9.04. The minimum Gasteiger partial charge on any atom is -0.376 e. The predicted molar refractivity (Wildman–Crippen MR) is 100 cm³/mol. The van der Waals surface area contributed by atoms with E-state index in [1.165, 1.54) is 11.1 Å². The molecule has 2 aromatic rings. The van der Waals surface area contributed by atoms with E-state index in [0.29, 0.717) is 0 Å². The lowest BCUT2D eigenvalue weighted by Gasteiger charge is -2.45. The van der Waals surface area contributed by atoms with Gasteiger partial charge < -0.3 is 10.1 Å². The summed E-state index contributed by atoms with van der Waals surface area (Å²) in [4.78, 5) is 0. The Labute approximate surface area is 146 Å². The fourth-order valence-electron chi connectivity index (χ4n) is 4.03. The smallest absolute Gasteiger partial charge is 0.0635 e. The first-order valence-electron chi connectivity index (χ1n) is 9.04. The van der Waals surface area contributed by atoms with E-state index < -0.39 is 0 Å². The molecule has 1 unspecified atom stereocenters. The lowest BCUT2D eigenvalue weighted by Crippen LogP contribution is -2.45. The number of rotatable bonds is 6. The monoisotopic (exact) mass is 323 g/mol. The van der Waals surface area contributed by atoms with Gasteiger partial charge in [-0.3, -0.25) is 0 Å². The van der Waals surface area contributed by atoms with E-state index in [4.69, 9.17) is 4.74 Å². The van der Waals surface area contributed by atoms with Gasteiger partial charge in [-0.25, -0.2) is 0 Å². The molecule has 0 saturated carbocycles. The van der Waals surface area contributed by atoms with Crippen LogP contribution >= 0.6 is 0 Å². The van der Waals surface area contributed by atoms with E-state index >= 15 is 0 Å². The summed E-state index contributed by atoms with van der Waals surface area (Å²) in [6.45, 7) is 7.26. The fourth-order valence-corrected chi connectivity index (χ4v) is 4.03. The van der Waals surface area contributed by atoms with E-state index in [9.17, 15) is 0 Å². The molecule has 0 bridgehead atoms. The first-order chi connectivity index (χ1) is 11.6. The molecule has 0 aromatic heterocycles. The molecule has 1 heterocycles. The summed E-state index contributed by atoms with van der Waals surface area (Å²) in [5, 5.41) is 3.63. The van der Waals surface area contributed by atoms with Crippen LogP contribution in [0.5, 0.6) is 0 Å². The third-order valence-electron chi connectivity index (χ3n) is 5.18.